The third-order valence-corrected chi connectivity index (χ3v) is 9.53. The average Bonchev–Trinajstić information content (AvgIpc) is 3.11. The summed E-state index contributed by atoms with van der Waals surface area (Å²) in [6.45, 7) is 3.49. The summed E-state index contributed by atoms with van der Waals surface area (Å²) in [4.78, 5) is 33.8. The highest BCUT2D eigenvalue weighted by Gasteiger charge is 2.23. The molecule has 51 heavy (non-hydrogen) atoms. The van der Waals surface area contributed by atoms with Crippen LogP contribution in [0.3, 0.4) is 0 Å². The molecule has 0 radical (unpaired) electrons. The van der Waals surface area contributed by atoms with Crippen molar-refractivity contribution >= 4 is 19.7 Å². The van der Waals surface area contributed by atoms with E-state index in [9.17, 15) is 24.2 Å². The maximum absolute atomic E-state index is 12.1. The van der Waals surface area contributed by atoms with Gasteiger partial charge in [-0.1, -0.05) is 134 Å². The van der Waals surface area contributed by atoms with Crippen LogP contribution in [0.25, 0.3) is 0 Å². The van der Waals surface area contributed by atoms with E-state index in [1.165, 1.54) is 83.5 Å². The van der Waals surface area contributed by atoms with Gasteiger partial charge in [-0.2, -0.15) is 0 Å². The van der Waals surface area contributed by atoms with Crippen LogP contribution in [0.15, 0.2) is 36.5 Å². The molecule has 0 aliphatic rings. The predicted molar refractivity (Wildman–Crippen MR) is 211 cm³/mol. The van der Waals surface area contributed by atoms with E-state index in [1.54, 1.807) is 0 Å². The lowest BCUT2D eigenvalue weighted by molar-refractivity contribution is -0.147. The van der Waals surface area contributed by atoms with Crippen LogP contribution in [0.1, 0.15) is 181 Å². The Labute approximate surface area is 312 Å². The van der Waals surface area contributed by atoms with E-state index < -0.39 is 26.5 Å². The fourth-order valence-electron chi connectivity index (χ4n) is 5.40. The van der Waals surface area contributed by atoms with Gasteiger partial charge in [0.1, 0.15) is 12.7 Å². The SMILES string of the molecule is CCCCC/C=C\C/C=C\CCCCCCCCCC(=O)OCC(O)COP(=O)(O)OCCNC(=O)CCCCCCC/C=C\CCCCCC. The van der Waals surface area contributed by atoms with Crippen LogP contribution in [0.2, 0.25) is 0 Å². The molecule has 3 N–H and O–H groups in total. The van der Waals surface area contributed by atoms with Gasteiger partial charge >= 0.3 is 13.8 Å². The molecule has 0 aromatic rings. The van der Waals surface area contributed by atoms with Crippen molar-refractivity contribution in [1.82, 2.24) is 5.32 Å². The molecule has 10 heteroatoms. The van der Waals surface area contributed by atoms with Crippen LogP contribution in [0.4, 0.5) is 0 Å². The van der Waals surface area contributed by atoms with Crippen LogP contribution in [-0.4, -0.2) is 54.3 Å². The Kier molecular flexibility index (Phi) is 36.7. The van der Waals surface area contributed by atoms with Crippen LogP contribution >= 0.6 is 7.82 Å². The quantitative estimate of drug-likeness (QED) is 0.0247. The molecule has 0 saturated heterocycles. The number of phosphoric ester groups is 1. The maximum Gasteiger partial charge on any atom is 0.472 e. The Hall–Kier alpha value is -1.77. The molecule has 0 heterocycles. The van der Waals surface area contributed by atoms with Crippen LogP contribution in [-0.2, 0) is 27.9 Å². The summed E-state index contributed by atoms with van der Waals surface area (Å²) < 4.78 is 26.8. The highest BCUT2D eigenvalue weighted by Crippen LogP contribution is 2.42. The van der Waals surface area contributed by atoms with Gasteiger partial charge in [0.15, 0.2) is 0 Å². The van der Waals surface area contributed by atoms with Gasteiger partial charge in [0.2, 0.25) is 5.91 Å². The molecule has 0 aliphatic carbocycles. The summed E-state index contributed by atoms with van der Waals surface area (Å²) >= 11 is 0. The lowest BCUT2D eigenvalue weighted by atomic mass is 10.1. The summed E-state index contributed by atoms with van der Waals surface area (Å²) in [6.07, 6.45) is 40.7. The number of allylic oxidation sites excluding steroid dienone is 6. The molecule has 2 atom stereocenters. The van der Waals surface area contributed by atoms with Gasteiger partial charge in [-0.15, -0.1) is 0 Å². The van der Waals surface area contributed by atoms with Gasteiger partial charge in [0.05, 0.1) is 13.2 Å². The number of carbonyl (C=O) groups is 2. The molecule has 0 aromatic carbocycles. The van der Waals surface area contributed by atoms with Crippen LogP contribution in [0.5, 0.6) is 0 Å². The number of carbonyl (C=O) groups excluding carboxylic acids is 2. The van der Waals surface area contributed by atoms with Crippen LogP contribution < -0.4 is 5.32 Å². The van der Waals surface area contributed by atoms with E-state index in [0.29, 0.717) is 6.42 Å². The van der Waals surface area contributed by atoms with Gasteiger partial charge in [-0.05, 0) is 70.6 Å². The number of hydrogen-bond acceptors (Lipinski definition) is 7. The van der Waals surface area contributed by atoms with Crippen molar-refractivity contribution in [3.8, 4) is 0 Å². The highest BCUT2D eigenvalue weighted by molar-refractivity contribution is 7.47. The molecule has 0 aromatic heterocycles. The van der Waals surface area contributed by atoms with Gasteiger partial charge < -0.3 is 20.1 Å². The van der Waals surface area contributed by atoms with E-state index >= 15 is 0 Å². The van der Waals surface area contributed by atoms with E-state index in [1.807, 2.05) is 0 Å². The summed E-state index contributed by atoms with van der Waals surface area (Å²) in [5.41, 5.74) is 0. The molecule has 2 unspecified atom stereocenters. The molecular weight excluding hydrogens is 665 g/mol. The van der Waals surface area contributed by atoms with Crippen molar-refractivity contribution in [2.24, 2.45) is 0 Å². The highest BCUT2D eigenvalue weighted by atomic mass is 31.2. The second-order valence-corrected chi connectivity index (χ2v) is 15.1. The third kappa shape index (κ3) is 39.3. The van der Waals surface area contributed by atoms with E-state index in [-0.39, 0.29) is 32.1 Å². The van der Waals surface area contributed by atoms with Gasteiger partial charge in [0.25, 0.3) is 0 Å². The average molecular weight is 742 g/mol. The molecule has 0 saturated carbocycles. The molecule has 0 spiro atoms. The van der Waals surface area contributed by atoms with Crippen molar-refractivity contribution < 1.29 is 37.9 Å². The molecule has 9 nitrogen and oxygen atoms in total. The lowest BCUT2D eigenvalue weighted by Crippen LogP contribution is -2.27. The Morgan fingerprint density at radius 1 is 0.608 bits per heavy atom. The van der Waals surface area contributed by atoms with Crippen molar-refractivity contribution in [3.63, 3.8) is 0 Å². The number of rotatable bonds is 38. The standard InChI is InChI=1S/C41H76NO8P/c1-3-5-7-9-11-13-15-17-18-19-20-22-24-26-28-30-32-34-41(45)48-37-39(43)38-50-51(46,47)49-36-35-42-40(44)33-31-29-27-25-23-21-16-14-12-10-8-6-4-2/h11,13-14,16-18,39,43H,3-10,12,15,19-38H2,1-2H3,(H,42,44)(H,46,47)/b13-11-,16-14-,18-17-. The predicted octanol–water partition coefficient (Wildman–Crippen LogP) is 11.0. The number of hydrogen-bond donors (Lipinski definition) is 3. The minimum atomic E-state index is -4.42. The van der Waals surface area contributed by atoms with E-state index in [0.717, 1.165) is 70.6 Å². The lowest BCUT2D eigenvalue weighted by Gasteiger charge is -2.15. The number of nitrogens with one attached hydrogen (secondary N) is 1. The number of ether oxygens (including phenoxy) is 1. The first-order valence-electron chi connectivity index (χ1n) is 20.5. The molecule has 0 fully saturated rings. The zero-order valence-electron chi connectivity index (χ0n) is 32.5. The normalized spacial score (nSPS) is 13.7. The van der Waals surface area contributed by atoms with Gasteiger partial charge in [-0.25, -0.2) is 4.57 Å². The number of phosphoric acid groups is 1. The fraction of sp³-hybridized carbons (Fsp3) is 0.805. The minimum Gasteiger partial charge on any atom is -0.463 e. The second kappa shape index (κ2) is 38.0. The minimum absolute atomic E-state index is 0.0762. The molecule has 298 valence electrons. The van der Waals surface area contributed by atoms with Crippen molar-refractivity contribution in [2.45, 2.75) is 187 Å². The topological polar surface area (TPSA) is 131 Å². The second-order valence-electron chi connectivity index (χ2n) is 13.6. The van der Waals surface area contributed by atoms with Gasteiger partial charge in [-0.3, -0.25) is 18.6 Å². The molecule has 1 amide bonds. The Morgan fingerprint density at radius 2 is 1.06 bits per heavy atom. The van der Waals surface area contributed by atoms with E-state index in [2.05, 4.69) is 55.6 Å². The fourth-order valence-corrected chi connectivity index (χ4v) is 6.16. The van der Waals surface area contributed by atoms with E-state index in [4.69, 9.17) is 13.8 Å². The summed E-state index contributed by atoms with van der Waals surface area (Å²) in [5.74, 6) is -0.534. The maximum atomic E-state index is 12.1. The van der Waals surface area contributed by atoms with Crippen molar-refractivity contribution in [3.05, 3.63) is 36.5 Å². The summed E-state index contributed by atoms with van der Waals surface area (Å²) in [7, 11) is -4.42. The first-order valence-corrected chi connectivity index (χ1v) is 22.0. The van der Waals surface area contributed by atoms with Gasteiger partial charge in [0, 0.05) is 19.4 Å². The van der Waals surface area contributed by atoms with Crippen molar-refractivity contribution in [2.75, 3.05) is 26.4 Å². The zero-order valence-corrected chi connectivity index (χ0v) is 33.4. The molecular formula is C41H76NO8P. The number of aliphatic hydroxyl groups excluding tert-OH is 1. The number of esters is 1. The monoisotopic (exact) mass is 742 g/mol. The first-order chi connectivity index (χ1) is 24.8. The van der Waals surface area contributed by atoms with Crippen LogP contribution in [0, 0.1) is 0 Å². The smallest absolute Gasteiger partial charge is 0.463 e. The Balaban J connectivity index is 3.63. The zero-order chi connectivity index (χ0) is 37.5. The number of unbranched alkanes of at least 4 members (excludes halogenated alkanes) is 19. The first kappa shape index (κ1) is 49.2. The van der Waals surface area contributed by atoms with Crippen molar-refractivity contribution in [1.29, 1.82) is 0 Å². The molecule has 0 bridgehead atoms. The molecule has 0 aliphatic heterocycles. The summed E-state index contributed by atoms with van der Waals surface area (Å²) in [6, 6.07) is 0. The number of aliphatic hydroxyl groups is 1. The Morgan fingerprint density at radius 3 is 1.63 bits per heavy atom. The Bertz CT molecular complexity index is 939. The summed E-state index contributed by atoms with van der Waals surface area (Å²) in [5, 5.41) is 12.7. The third-order valence-electron chi connectivity index (χ3n) is 8.54. The number of amides is 1. The molecule has 0 rings (SSSR count). The largest absolute Gasteiger partial charge is 0.472 e.